The number of nitrogens with zero attached hydrogens (tertiary/aromatic N) is 4. The van der Waals surface area contributed by atoms with Gasteiger partial charge in [-0.1, -0.05) is 23.5 Å². The molecule has 1 aliphatic rings. The van der Waals surface area contributed by atoms with Crippen molar-refractivity contribution in [3.8, 4) is 10.6 Å². The molecule has 3 aromatic rings. The second-order valence-electron chi connectivity index (χ2n) is 6.04. The van der Waals surface area contributed by atoms with Crippen LogP contribution in [0.4, 0.5) is 11.5 Å². The first-order chi connectivity index (χ1) is 12.9. The number of sulfonamides is 1. The Bertz CT molecular complexity index is 1100. The van der Waals surface area contributed by atoms with Gasteiger partial charge >= 0.3 is 0 Å². The number of rotatable bonds is 4. The maximum Gasteiger partial charge on any atom is 0.229 e. The molecule has 1 N–H and O–H groups in total. The van der Waals surface area contributed by atoms with Gasteiger partial charge in [-0.3, -0.25) is 4.72 Å². The van der Waals surface area contributed by atoms with E-state index < -0.39 is 10.0 Å². The molecule has 0 saturated carbocycles. The molecule has 8 nitrogen and oxygen atoms in total. The number of hydrogen-bond donors (Lipinski definition) is 1. The van der Waals surface area contributed by atoms with Crippen LogP contribution in [0.15, 0.2) is 24.3 Å². The summed E-state index contributed by atoms with van der Waals surface area (Å²) in [6, 6.07) is 7.07. The fraction of sp³-hybridized carbons (Fsp3) is 0.312. The third-order valence-electron chi connectivity index (χ3n) is 3.94. The van der Waals surface area contributed by atoms with Gasteiger partial charge in [0.15, 0.2) is 10.6 Å². The third kappa shape index (κ3) is 4.13. The minimum atomic E-state index is -3.35. The molecule has 142 valence electrons. The molecule has 4 rings (SSSR count). The minimum absolute atomic E-state index is 0.173. The summed E-state index contributed by atoms with van der Waals surface area (Å²) in [4.78, 5) is 16.2. The first-order valence-electron chi connectivity index (χ1n) is 8.14. The summed E-state index contributed by atoms with van der Waals surface area (Å²) in [6.45, 7) is 2.67. The molecule has 27 heavy (non-hydrogen) atoms. The first kappa shape index (κ1) is 18.4. The van der Waals surface area contributed by atoms with Crippen LogP contribution in [0.1, 0.15) is 0 Å². The number of aromatic nitrogens is 3. The lowest BCUT2D eigenvalue weighted by Gasteiger charge is -2.27. The molecule has 1 aromatic carbocycles. The van der Waals surface area contributed by atoms with Crippen molar-refractivity contribution in [2.45, 2.75) is 0 Å². The summed E-state index contributed by atoms with van der Waals surface area (Å²) in [5.74, 6) is 0.696. The predicted molar refractivity (Wildman–Crippen MR) is 107 cm³/mol. The van der Waals surface area contributed by atoms with E-state index in [1.807, 2.05) is 6.07 Å². The Kier molecular flexibility index (Phi) is 4.89. The maximum absolute atomic E-state index is 11.5. The fourth-order valence-corrected chi connectivity index (χ4v) is 4.53. The summed E-state index contributed by atoms with van der Waals surface area (Å²) >= 11 is 7.51. The number of halogens is 1. The molecule has 0 radical (unpaired) electrons. The lowest BCUT2D eigenvalue weighted by atomic mass is 10.2. The van der Waals surface area contributed by atoms with Crippen LogP contribution in [0, 0.1) is 0 Å². The van der Waals surface area contributed by atoms with Gasteiger partial charge in [-0.25, -0.2) is 18.4 Å². The quantitative estimate of drug-likeness (QED) is 0.641. The molecule has 11 heteroatoms. The average Bonchev–Trinajstić information content (AvgIpc) is 3.04. The molecule has 0 amide bonds. The number of morpholine rings is 1. The van der Waals surface area contributed by atoms with Crippen LogP contribution in [0.5, 0.6) is 0 Å². The van der Waals surface area contributed by atoms with E-state index in [9.17, 15) is 8.42 Å². The SMILES string of the molecule is CS(=O)(=O)Nc1cccc(-c2nc3c(N4CCOCC4)nc(Cl)nc3s2)c1. The van der Waals surface area contributed by atoms with E-state index >= 15 is 0 Å². The number of thiazole rings is 1. The van der Waals surface area contributed by atoms with Crippen LogP contribution in [0.25, 0.3) is 20.9 Å². The van der Waals surface area contributed by atoms with Gasteiger partial charge in [-0.2, -0.15) is 4.98 Å². The Morgan fingerprint density at radius 2 is 2.00 bits per heavy atom. The molecule has 0 bridgehead atoms. The Balaban J connectivity index is 1.76. The summed E-state index contributed by atoms with van der Waals surface area (Å²) in [5.41, 5.74) is 1.95. The molecule has 0 spiro atoms. The summed E-state index contributed by atoms with van der Waals surface area (Å²) in [6.07, 6.45) is 1.11. The molecule has 3 heterocycles. The minimum Gasteiger partial charge on any atom is -0.378 e. The molecule has 2 aromatic heterocycles. The zero-order valence-corrected chi connectivity index (χ0v) is 16.7. The van der Waals surface area contributed by atoms with E-state index in [4.69, 9.17) is 21.3 Å². The smallest absolute Gasteiger partial charge is 0.229 e. The van der Waals surface area contributed by atoms with Crippen molar-refractivity contribution in [2.75, 3.05) is 42.2 Å². The number of nitrogens with one attached hydrogen (secondary N) is 1. The second kappa shape index (κ2) is 7.19. The number of fused-ring (bicyclic) bond motifs is 1. The standard InChI is InChI=1S/C16H16ClN5O3S2/c1-27(23,24)21-11-4-2-3-10(9-11)14-18-12-13(22-5-7-25-8-6-22)19-16(17)20-15(12)26-14/h2-4,9,21H,5-8H2,1H3. The maximum atomic E-state index is 11.5. The van der Waals surface area contributed by atoms with Crippen molar-refractivity contribution < 1.29 is 13.2 Å². The zero-order valence-electron chi connectivity index (χ0n) is 14.3. The Hall–Kier alpha value is -2.01. The van der Waals surface area contributed by atoms with E-state index in [1.54, 1.807) is 18.2 Å². The van der Waals surface area contributed by atoms with Crippen LogP contribution in [0.2, 0.25) is 5.28 Å². The molecule has 0 aliphatic carbocycles. The van der Waals surface area contributed by atoms with Gasteiger partial charge < -0.3 is 9.64 Å². The molecular weight excluding hydrogens is 410 g/mol. The lowest BCUT2D eigenvalue weighted by molar-refractivity contribution is 0.122. The highest BCUT2D eigenvalue weighted by Gasteiger charge is 2.20. The Morgan fingerprint density at radius 3 is 2.74 bits per heavy atom. The Morgan fingerprint density at radius 1 is 1.22 bits per heavy atom. The van der Waals surface area contributed by atoms with Gasteiger partial charge in [0.1, 0.15) is 10.5 Å². The van der Waals surface area contributed by atoms with Crippen LogP contribution in [-0.2, 0) is 14.8 Å². The number of ether oxygens (including phenoxy) is 1. The number of anilines is 2. The highest BCUT2D eigenvalue weighted by Crippen LogP contribution is 2.35. The highest BCUT2D eigenvalue weighted by atomic mass is 35.5. The largest absolute Gasteiger partial charge is 0.378 e. The molecule has 1 fully saturated rings. The van der Waals surface area contributed by atoms with Crippen molar-refractivity contribution in [3.63, 3.8) is 0 Å². The van der Waals surface area contributed by atoms with Crippen LogP contribution < -0.4 is 9.62 Å². The van der Waals surface area contributed by atoms with Crippen molar-refractivity contribution in [1.82, 2.24) is 15.0 Å². The predicted octanol–water partition coefficient (Wildman–Crippen LogP) is 2.61. The average molecular weight is 426 g/mol. The Labute approximate surface area is 165 Å². The van der Waals surface area contributed by atoms with E-state index in [0.717, 1.165) is 11.8 Å². The van der Waals surface area contributed by atoms with Crippen LogP contribution in [0.3, 0.4) is 0 Å². The fourth-order valence-electron chi connectivity index (χ4n) is 2.83. The van der Waals surface area contributed by atoms with Gasteiger partial charge in [0.05, 0.1) is 19.5 Å². The summed E-state index contributed by atoms with van der Waals surface area (Å²) in [7, 11) is -3.35. The zero-order chi connectivity index (χ0) is 19.0. The number of benzene rings is 1. The molecule has 1 saturated heterocycles. The van der Waals surface area contributed by atoms with Gasteiger partial charge in [-0.05, 0) is 23.7 Å². The van der Waals surface area contributed by atoms with Crippen molar-refractivity contribution >= 4 is 54.8 Å². The third-order valence-corrected chi connectivity index (χ3v) is 5.71. The molecule has 0 atom stereocenters. The highest BCUT2D eigenvalue weighted by molar-refractivity contribution is 7.92. The second-order valence-corrected chi connectivity index (χ2v) is 9.11. The summed E-state index contributed by atoms with van der Waals surface area (Å²) < 4.78 is 30.8. The van der Waals surface area contributed by atoms with E-state index in [0.29, 0.717) is 53.2 Å². The van der Waals surface area contributed by atoms with E-state index in [1.165, 1.54) is 11.3 Å². The summed E-state index contributed by atoms with van der Waals surface area (Å²) in [5, 5.41) is 0.889. The molecule has 0 unspecified atom stereocenters. The van der Waals surface area contributed by atoms with Crippen LogP contribution in [-0.4, -0.2) is 55.9 Å². The lowest BCUT2D eigenvalue weighted by Crippen LogP contribution is -2.37. The van der Waals surface area contributed by atoms with Crippen LogP contribution >= 0.6 is 22.9 Å². The van der Waals surface area contributed by atoms with Crippen molar-refractivity contribution in [1.29, 1.82) is 0 Å². The van der Waals surface area contributed by atoms with Gasteiger partial charge in [0.2, 0.25) is 15.3 Å². The monoisotopic (exact) mass is 425 g/mol. The van der Waals surface area contributed by atoms with Gasteiger partial charge in [-0.15, -0.1) is 0 Å². The van der Waals surface area contributed by atoms with Gasteiger partial charge in [0.25, 0.3) is 0 Å². The first-order valence-corrected chi connectivity index (χ1v) is 11.2. The van der Waals surface area contributed by atoms with E-state index in [-0.39, 0.29) is 5.28 Å². The molecule has 1 aliphatic heterocycles. The van der Waals surface area contributed by atoms with Gasteiger partial charge in [0, 0.05) is 24.3 Å². The topological polar surface area (TPSA) is 97.3 Å². The molecular formula is C16H16ClN5O3S2. The van der Waals surface area contributed by atoms with Crippen molar-refractivity contribution in [3.05, 3.63) is 29.5 Å². The normalized spacial score (nSPS) is 15.3. The van der Waals surface area contributed by atoms with E-state index in [2.05, 4.69) is 19.6 Å². The number of hydrogen-bond acceptors (Lipinski definition) is 8. The van der Waals surface area contributed by atoms with Crippen molar-refractivity contribution in [2.24, 2.45) is 0 Å².